The highest BCUT2D eigenvalue weighted by molar-refractivity contribution is 5.97. The molecule has 0 saturated carbocycles. The number of hydrogen-bond acceptors (Lipinski definition) is 4. The Bertz CT molecular complexity index is 548. The van der Waals surface area contributed by atoms with Crippen LogP contribution >= 0.6 is 0 Å². The maximum atomic E-state index is 12.2. The lowest BCUT2D eigenvalue weighted by Gasteiger charge is -2.21. The molecule has 1 rings (SSSR count). The maximum Gasteiger partial charge on any atom is 0.258 e. The zero-order valence-electron chi connectivity index (χ0n) is 14.0. The molecule has 0 fully saturated rings. The number of ether oxygens (including phenoxy) is 2. The first-order chi connectivity index (χ1) is 10.2. The highest BCUT2D eigenvalue weighted by Crippen LogP contribution is 2.31. The quantitative estimate of drug-likeness (QED) is 0.899. The Kier molecular flexibility index (Phi) is 5.79. The van der Waals surface area contributed by atoms with Crippen LogP contribution in [0.5, 0.6) is 11.5 Å². The molecule has 0 heterocycles. The molecule has 1 N–H and O–H groups in total. The molecule has 22 heavy (non-hydrogen) atoms. The number of methoxy groups -OCH3 is 1. The van der Waals surface area contributed by atoms with Gasteiger partial charge in [0.1, 0.15) is 0 Å². The van der Waals surface area contributed by atoms with Gasteiger partial charge >= 0.3 is 0 Å². The summed E-state index contributed by atoms with van der Waals surface area (Å²) in [6, 6.07) is 5.03. The fourth-order valence-corrected chi connectivity index (χ4v) is 1.83. The second-order valence-electron chi connectivity index (χ2n) is 6.12. The van der Waals surface area contributed by atoms with Crippen LogP contribution in [-0.2, 0) is 4.79 Å². The summed E-state index contributed by atoms with van der Waals surface area (Å²) >= 11 is 0. The SMILES string of the molecule is COc1cccc(C(=O)N(C)C)c1OCC(=O)NC(C)(C)C. The van der Waals surface area contributed by atoms with Crippen LogP contribution in [0.2, 0.25) is 0 Å². The molecule has 6 heteroatoms. The first kappa shape index (κ1) is 17.8. The summed E-state index contributed by atoms with van der Waals surface area (Å²) < 4.78 is 10.8. The predicted octanol–water partition coefficient (Wildman–Crippen LogP) is 1.69. The molecule has 1 aromatic rings. The van der Waals surface area contributed by atoms with Crippen LogP contribution in [0.3, 0.4) is 0 Å². The van der Waals surface area contributed by atoms with Crippen molar-refractivity contribution in [3.63, 3.8) is 0 Å². The second-order valence-corrected chi connectivity index (χ2v) is 6.12. The normalized spacial score (nSPS) is 10.8. The van der Waals surface area contributed by atoms with Crippen LogP contribution in [-0.4, -0.2) is 50.1 Å². The number of nitrogens with one attached hydrogen (secondary N) is 1. The standard InChI is InChI=1S/C16H24N2O4/c1-16(2,3)17-13(19)10-22-14-11(15(20)18(4)5)8-7-9-12(14)21-6/h7-9H,10H2,1-6H3,(H,17,19). The third-order valence-corrected chi connectivity index (χ3v) is 2.70. The summed E-state index contributed by atoms with van der Waals surface area (Å²) in [5.74, 6) is 0.204. The number of para-hydroxylation sites is 1. The minimum absolute atomic E-state index is 0.189. The van der Waals surface area contributed by atoms with E-state index >= 15 is 0 Å². The van der Waals surface area contributed by atoms with Crippen LogP contribution in [0.15, 0.2) is 18.2 Å². The molecule has 122 valence electrons. The largest absolute Gasteiger partial charge is 0.493 e. The van der Waals surface area contributed by atoms with Crippen molar-refractivity contribution in [1.82, 2.24) is 10.2 Å². The molecule has 2 amide bonds. The molecule has 0 bridgehead atoms. The molecular formula is C16H24N2O4. The van der Waals surface area contributed by atoms with Gasteiger partial charge in [0.2, 0.25) is 0 Å². The summed E-state index contributed by atoms with van der Waals surface area (Å²) in [7, 11) is 4.79. The summed E-state index contributed by atoms with van der Waals surface area (Å²) in [5.41, 5.74) is 0.0108. The second kappa shape index (κ2) is 7.15. The molecule has 0 radical (unpaired) electrons. The third kappa shape index (κ3) is 4.95. The first-order valence-electron chi connectivity index (χ1n) is 6.98. The number of carbonyl (C=O) groups is 2. The lowest BCUT2D eigenvalue weighted by atomic mass is 10.1. The lowest BCUT2D eigenvalue weighted by Crippen LogP contribution is -2.43. The van der Waals surface area contributed by atoms with E-state index in [9.17, 15) is 9.59 Å². The Balaban J connectivity index is 2.97. The molecule has 0 aliphatic heterocycles. The molecule has 0 saturated heterocycles. The Labute approximate surface area is 131 Å². The van der Waals surface area contributed by atoms with Gasteiger partial charge in [0.25, 0.3) is 11.8 Å². The molecule has 0 unspecified atom stereocenters. The van der Waals surface area contributed by atoms with E-state index in [1.807, 2.05) is 20.8 Å². The number of nitrogens with zero attached hydrogens (tertiary/aromatic N) is 1. The minimum Gasteiger partial charge on any atom is -0.493 e. The van der Waals surface area contributed by atoms with Gasteiger partial charge in [0.15, 0.2) is 18.1 Å². The summed E-state index contributed by atoms with van der Waals surface area (Å²) in [5, 5.41) is 2.80. The Hall–Kier alpha value is -2.24. The molecule has 1 aromatic carbocycles. The maximum absolute atomic E-state index is 12.2. The summed E-state index contributed by atoms with van der Waals surface area (Å²) in [4.78, 5) is 25.5. The fourth-order valence-electron chi connectivity index (χ4n) is 1.83. The smallest absolute Gasteiger partial charge is 0.258 e. The van der Waals surface area contributed by atoms with Crippen LogP contribution < -0.4 is 14.8 Å². The van der Waals surface area contributed by atoms with E-state index in [0.717, 1.165) is 0 Å². The lowest BCUT2D eigenvalue weighted by molar-refractivity contribution is -0.124. The Morgan fingerprint density at radius 3 is 2.36 bits per heavy atom. The number of amides is 2. The highest BCUT2D eigenvalue weighted by Gasteiger charge is 2.20. The molecule has 0 aromatic heterocycles. The zero-order valence-corrected chi connectivity index (χ0v) is 14.0. The van der Waals surface area contributed by atoms with E-state index in [-0.39, 0.29) is 29.7 Å². The summed E-state index contributed by atoms with van der Waals surface area (Å²) in [6.45, 7) is 5.46. The van der Waals surface area contributed by atoms with Gasteiger partial charge < -0.3 is 19.7 Å². The Morgan fingerprint density at radius 2 is 1.86 bits per heavy atom. The zero-order chi connectivity index (χ0) is 16.9. The monoisotopic (exact) mass is 308 g/mol. The van der Waals surface area contributed by atoms with E-state index in [2.05, 4.69) is 5.32 Å². The van der Waals surface area contributed by atoms with Crippen molar-refractivity contribution >= 4 is 11.8 Å². The van der Waals surface area contributed by atoms with Crippen LogP contribution in [0, 0.1) is 0 Å². The van der Waals surface area contributed by atoms with Crippen molar-refractivity contribution in [3.8, 4) is 11.5 Å². The number of benzene rings is 1. The van der Waals surface area contributed by atoms with Crippen LogP contribution in [0.4, 0.5) is 0 Å². The van der Waals surface area contributed by atoms with Gasteiger partial charge in [-0.05, 0) is 32.9 Å². The molecule has 0 aliphatic carbocycles. The molecular weight excluding hydrogens is 284 g/mol. The average Bonchev–Trinajstić information content (AvgIpc) is 2.41. The number of rotatable bonds is 5. The minimum atomic E-state index is -0.344. The van der Waals surface area contributed by atoms with Gasteiger partial charge in [0, 0.05) is 19.6 Å². The molecule has 0 spiro atoms. The van der Waals surface area contributed by atoms with E-state index in [4.69, 9.17) is 9.47 Å². The average molecular weight is 308 g/mol. The summed E-state index contributed by atoms with van der Waals surface area (Å²) in [6.07, 6.45) is 0. The van der Waals surface area contributed by atoms with E-state index < -0.39 is 0 Å². The van der Waals surface area contributed by atoms with Gasteiger partial charge in [-0.3, -0.25) is 9.59 Å². The predicted molar refractivity (Wildman–Crippen MR) is 84.4 cm³/mol. The van der Waals surface area contributed by atoms with Crippen LogP contribution in [0.25, 0.3) is 0 Å². The van der Waals surface area contributed by atoms with Crippen molar-refractivity contribution in [2.45, 2.75) is 26.3 Å². The molecule has 0 aliphatic rings. The van der Waals surface area contributed by atoms with Crippen molar-refractivity contribution in [1.29, 1.82) is 0 Å². The fraction of sp³-hybridized carbons (Fsp3) is 0.500. The Morgan fingerprint density at radius 1 is 1.23 bits per heavy atom. The van der Waals surface area contributed by atoms with Crippen molar-refractivity contribution in [3.05, 3.63) is 23.8 Å². The van der Waals surface area contributed by atoms with Crippen molar-refractivity contribution in [2.75, 3.05) is 27.8 Å². The number of carbonyl (C=O) groups excluding carboxylic acids is 2. The van der Waals surface area contributed by atoms with Gasteiger partial charge in [-0.1, -0.05) is 6.07 Å². The van der Waals surface area contributed by atoms with Gasteiger partial charge in [-0.15, -0.1) is 0 Å². The van der Waals surface area contributed by atoms with E-state index in [0.29, 0.717) is 11.3 Å². The molecule has 6 nitrogen and oxygen atoms in total. The van der Waals surface area contributed by atoms with Crippen molar-refractivity contribution in [2.24, 2.45) is 0 Å². The third-order valence-electron chi connectivity index (χ3n) is 2.70. The van der Waals surface area contributed by atoms with Gasteiger partial charge in [-0.25, -0.2) is 0 Å². The van der Waals surface area contributed by atoms with E-state index in [1.165, 1.54) is 12.0 Å². The topological polar surface area (TPSA) is 67.9 Å². The molecule has 0 atom stereocenters. The van der Waals surface area contributed by atoms with Gasteiger partial charge in [-0.2, -0.15) is 0 Å². The first-order valence-corrected chi connectivity index (χ1v) is 6.98. The number of hydrogen-bond donors (Lipinski definition) is 1. The highest BCUT2D eigenvalue weighted by atomic mass is 16.5. The van der Waals surface area contributed by atoms with Crippen LogP contribution in [0.1, 0.15) is 31.1 Å². The van der Waals surface area contributed by atoms with Gasteiger partial charge in [0.05, 0.1) is 12.7 Å². The van der Waals surface area contributed by atoms with Crippen molar-refractivity contribution < 1.29 is 19.1 Å². The van der Waals surface area contributed by atoms with E-state index in [1.54, 1.807) is 32.3 Å².